The maximum absolute atomic E-state index is 15.2. The Balaban J connectivity index is 1.08. The van der Waals surface area contributed by atoms with E-state index in [4.69, 9.17) is 28.4 Å². The molecule has 380 valence electrons. The maximum atomic E-state index is 15.2. The zero-order valence-electron chi connectivity index (χ0n) is 39.4. The van der Waals surface area contributed by atoms with Crippen molar-refractivity contribution in [2.24, 2.45) is 56.7 Å². The van der Waals surface area contributed by atoms with E-state index in [2.05, 4.69) is 20.4 Å². The van der Waals surface area contributed by atoms with Crippen molar-refractivity contribution in [1.29, 1.82) is 0 Å². The molecule has 24 atom stereocenters. The number of aliphatic carboxylic acids is 1. The highest BCUT2D eigenvalue weighted by Gasteiger charge is 2.76. The molecule has 10 N–H and O–H groups in total. The summed E-state index contributed by atoms with van der Waals surface area (Å²) in [5.74, 6) is -2.50. The van der Waals surface area contributed by atoms with Crippen LogP contribution < -0.4 is 0 Å². The first-order valence-electron chi connectivity index (χ1n) is 24.3. The minimum absolute atomic E-state index is 0.0174. The Kier molecular flexibility index (Phi) is 13.8. The Bertz CT molecular complexity index is 1900. The van der Waals surface area contributed by atoms with E-state index >= 15 is 4.79 Å². The number of Topliss-reactive ketones (excluding diaryl/α,β-unsaturated/α-hetero) is 1. The predicted octanol–water partition coefficient (Wildman–Crippen LogP) is 0.297. The number of esters is 1. The first kappa shape index (κ1) is 51.2. The van der Waals surface area contributed by atoms with Crippen LogP contribution in [0.5, 0.6) is 0 Å². The fraction of sp³-hybridized carbons (Fsp3) is 0.896. The normalized spacial score (nSPS) is 52.8. The minimum Gasteiger partial charge on any atom is -0.481 e. The maximum Gasteiger partial charge on any atom is 0.314 e. The number of ether oxygens (including phenoxy) is 6. The molecule has 3 aliphatic heterocycles. The number of aliphatic hydroxyl groups is 9. The summed E-state index contributed by atoms with van der Waals surface area (Å²) in [6.45, 7) is 14.7. The topological polar surface area (TPSA) is 309 Å². The van der Waals surface area contributed by atoms with Gasteiger partial charge in [-0.25, -0.2) is 0 Å². The van der Waals surface area contributed by atoms with Gasteiger partial charge in [-0.15, -0.1) is 0 Å². The lowest BCUT2D eigenvalue weighted by molar-refractivity contribution is -0.362. The lowest BCUT2D eigenvalue weighted by atomic mass is 9.32. The number of aliphatic hydroxyl groups excluding tert-OH is 9. The van der Waals surface area contributed by atoms with E-state index < -0.39 is 151 Å². The summed E-state index contributed by atoms with van der Waals surface area (Å²) >= 11 is 0. The van der Waals surface area contributed by atoms with Crippen molar-refractivity contribution in [3.63, 3.8) is 0 Å². The predicted molar refractivity (Wildman–Crippen MR) is 230 cm³/mol. The summed E-state index contributed by atoms with van der Waals surface area (Å²) in [5.41, 5.74) is -3.12. The number of hydrogen-bond acceptors (Lipinski definition) is 18. The van der Waals surface area contributed by atoms with Gasteiger partial charge in [-0.05, 0) is 112 Å². The van der Waals surface area contributed by atoms with Crippen molar-refractivity contribution in [3.05, 3.63) is 12.2 Å². The van der Waals surface area contributed by atoms with E-state index in [1.54, 1.807) is 0 Å². The highest BCUT2D eigenvalue weighted by atomic mass is 16.8. The number of ketones is 1. The molecule has 67 heavy (non-hydrogen) atoms. The number of rotatable bonds is 10. The van der Waals surface area contributed by atoms with Gasteiger partial charge in [0.05, 0.1) is 30.1 Å². The Labute approximate surface area is 390 Å². The highest BCUT2D eigenvalue weighted by molar-refractivity contribution is 5.86. The summed E-state index contributed by atoms with van der Waals surface area (Å²) in [6, 6.07) is 0. The second-order valence-electron chi connectivity index (χ2n) is 22.6. The van der Waals surface area contributed by atoms with E-state index in [1.807, 2.05) is 20.8 Å². The molecule has 0 aromatic heterocycles. The Morgan fingerprint density at radius 3 is 2.01 bits per heavy atom. The number of carbonyl (C=O) groups excluding carboxylic acids is 2. The van der Waals surface area contributed by atoms with E-state index in [1.165, 1.54) is 6.92 Å². The Morgan fingerprint density at radius 1 is 0.716 bits per heavy atom. The monoisotopic (exact) mass is 954 g/mol. The molecule has 5 aliphatic carbocycles. The van der Waals surface area contributed by atoms with Crippen LogP contribution in [0.15, 0.2) is 12.2 Å². The van der Waals surface area contributed by atoms with E-state index in [0.717, 1.165) is 12.0 Å². The second kappa shape index (κ2) is 18.1. The van der Waals surface area contributed by atoms with Gasteiger partial charge < -0.3 is 79.5 Å². The molecule has 0 aromatic rings. The third-order valence-electron chi connectivity index (χ3n) is 19.2. The van der Waals surface area contributed by atoms with Crippen LogP contribution in [0.3, 0.4) is 0 Å². The van der Waals surface area contributed by atoms with Crippen LogP contribution in [-0.4, -0.2) is 174 Å². The minimum atomic E-state index is -2.00. The molecule has 3 saturated heterocycles. The molecule has 19 heteroatoms. The molecule has 5 saturated carbocycles. The van der Waals surface area contributed by atoms with Crippen molar-refractivity contribution in [3.8, 4) is 0 Å². The van der Waals surface area contributed by atoms with Gasteiger partial charge in [0, 0.05) is 11.8 Å². The van der Waals surface area contributed by atoms with Gasteiger partial charge in [-0.2, -0.15) is 0 Å². The quantitative estimate of drug-likeness (QED) is 0.104. The van der Waals surface area contributed by atoms with Gasteiger partial charge in [0.25, 0.3) is 0 Å². The molecular formula is C48H74O19. The molecule has 0 spiro atoms. The van der Waals surface area contributed by atoms with Gasteiger partial charge in [0.2, 0.25) is 6.29 Å². The molecule has 8 fully saturated rings. The van der Waals surface area contributed by atoms with Gasteiger partial charge in [0.15, 0.2) is 12.6 Å². The third-order valence-corrected chi connectivity index (χ3v) is 19.2. The van der Waals surface area contributed by atoms with Crippen LogP contribution in [0.25, 0.3) is 0 Å². The third kappa shape index (κ3) is 7.71. The average molecular weight is 955 g/mol. The molecule has 0 unspecified atom stereocenters. The van der Waals surface area contributed by atoms with Crippen molar-refractivity contribution in [2.45, 2.75) is 198 Å². The zero-order valence-corrected chi connectivity index (χ0v) is 39.4. The molecule has 19 nitrogen and oxygen atoms in total. The molecule has 3 heterocycles. The van der Waals surface area contributed by atoms with E-state index in [-0.39, 0.29) is 41.8 Å². The van der Waals surface area contributed by atoms with Gasteiger partial charge in [-0.3, -0.25) is 14.4 Å². The number of carboxylic acid groups (broad SMARTS) is 1. The molecule has 0 amide bonds. The van der Waals surface area contributed by atoms with Crippen LogP contribution in [-0.2, 0) is 42.8 Å². The van der Waals surface area contributed by atoms with Gasteiger partial charge >= 0.3 is 11.9 Å². The van der Waals surface area contributed by atoms with Crippen LogP contribution in [0.1, 0.15) is 106 Å². The summed E-state index contributed by atoms with van der Waals surface area (Å²) in [5, 5.41) is 108. The van der Waals surface area contributed by atoms with Crippen molar-refractivity contribution >= 4 is 17.7 Å². The van der Waals surface area contributed by atoms with E-state index in [0.29, 0.717) is 44.9 Å². The van der Waals surface area contributed by atoms with Crippen molar-refractivity contribution < 1.29 is 93.9 Å². The largest absolute Gasteiger partial charge is 0.481 e. The SMILES string of the molecule is C=C(C)[C@H]1CC[C@@]2(C(=O)O[C@H]3O[C@@H](CO[C@@H]4O[C@H](CO)[C@H](O)[C@H](O)[C@@H]4O)[C@H](O[C@@H]4O[C@H](C)[C@@H](O)[C@H](O)[C@@H]4O)[C@@H](O)[C@@H]3O)CC[C@]3(C(=O)O)[C@H](CC[C@@H]4[C@]5(C)CCC(=O)C(C)(C)[C@@H]5CC[C@]43C)[C@@H]12. The van der Waals surface area contributed by atoms with Crippen molar-refractivity contribution in [1.82, 2.24) is 0 Å². The van der Waals surface area contributed by atoms with Crippen LogP contribution in [0, 0.1) is 56.7 Å². The summed E-state index contributed by atoms with van der Waals surface area (Å²) in [6.07, 6.45) is -20.4. The second-order valence-corrected chi connectivity index (χ2v) is 22.6. The smallest absolute Gasteiger partial charge is 0.314 e. The fourth-order valence-electron chi connectivity index (χ4n) is 15.6. The summed E-state index contributed by atoms with van der Waals surface area (Å²) in [7, 11) is 0. The number of fused-ring (bicyclic) bond motifs is 7. The fourth-order valence-corrected chi connectivity index (χ4v) is 15.6. The van der Waals surface area contributed by atoms with Crippen molar-refractivity contribution in [2.75, 3.05) is 13.2 Å². The number of carbonyl (C=O) groups is 3. The lowest BCUT2D eigenvalue weighted by Gasteiger charge is -2.71. The highest BCUT2D eigenvalue weighted by Crippen LogP contribution is 2.77. The first-order chi connectivity index (χ1) is 31.3. The Hall–Kier alpha value is -2.21. The van der Waals surface area contributed by atoms with E-state index in [9.17, 15) is 60.7 Å². The van der Waals surface area contributed by atoms with Crippen LogP contribution in [0.4, 0.5) is 0 Å². The molecule has 0 bridgehead atoms. The zero-order chi connectivity index (χ0) is 49.1. The molecule has 0 radical (unpaired) electrons. The number of allylic oxidation sites excluding steroid dienone is 1. The molecule has 0 aromatic carbocycles. The standard InChI is InChI=1S/C48H74O19/c1-20(2)22-10-15-47(16-17-48(42(59)60)23(29(22)47)8-9-27-45(6)13-12-28(50)44(4,5)26(45)11-14-46(27,48)7)43(61)67-41-37(58)34(55)38(66-40-36(57)32(53)30(51)21(3)63-40)25(65-41)19-62-39-35(56)33(54)31(52)24(18-49)64-39/h21-27,29-41,49,51-58H,1,8-19H2,2-7H3,(H,59,60)/t21-,22-,23-,24-,25+,26+,27-,29-,30-,31+,32+,33+,34+,35+,36+,37+,38+,39-,40+,41-,45-,46-,47-,48-/m1/s1. The lowest BCUT2D eigenvalue weighted by Crippen LogP contribution is -2.69. The van der Waals surface area contributed by atoms with Crippen LogP contribution in [0.2, 0.25) is 0 Å². The van der Waals surface area contributed by atoms with Gasteiger partial charge in [-0.1, -0.05) is 39.8 Å². The summed E-state index contributed by atoms with van der Waals surface area (Å²) < 4.78 is 35.2. The summed E-state index contributed by atoms with van der Waals surface area (Å²) in [4.78, 5) is 42.8. The first-order valence-corrected chi connectivity index (χ1v) is 24.3. The number of carboxylic acids is 1. The number of hydrogen-bond donors (Lipinski definition) is 10. The molecule has 8 aliphatic rings. The Morgan fingerprint density at radius 2 is 1.36 bits per heavy atom. The average Bonchev–Trinajstić information content (AvgIpc) is 3.69. The molecule has 8 rings (SSSR count). The van der Waals surface area contributed by atoms with Gasteiger partial charge in [0.1, 0.15) is 72.9 Å². The molecular weight excluding hydrogens is 881 g/mol. The van der Waals surface area contributed by atoms with Crippen LogP contribution >= 0.6 is 0 Å².